The van der Waals surface area contributed by atoms with Crippen molar-refractivity contribution in [3.8, 4) is 22.8 Å². The zero-order valence-electron chi connectivity index (χ0n) is 20.6. The second-order valence-electron chi connectivity index (χ2n) is 9.23. The highest BCUT2D eigenvalue weighted by Crippen LogP contribution is 2.28. The van der Waals surface area contributed by atoms with E-state index in [4.69, 9.17) is 10.7 Å². The molecule has 0 spiro atoms. The van der Waals surface area contributed by atoms with E-state index in [0.29, 0.717) is 38.3 Å². The van der Waals surface area contributed by atoms with Crippen LogP contribution in [0.1, 0.15) is 29.7 Å². The van der Waals surface area contributed by atoms with Crippen LogP contribution in [-0.2, 0) is 11.3 Å². The third-order valence-corrected chi connectivity index (χ3v) is 6.79. The van der Waals surface area contributed by atoms with Crippen LogP contribution in [0.5, 0.6) is 0 Å². The molecule has 0 atom stereocenters. The first-order chi connectivity index (χ1) is 17.8. The van der Waals surface area contributed by atoms with Crippen LogP contribution in [0.4, 0.5) is 16.0 Å². The van der Waals surface area contributed by atoms with Gasteiger partial charge >= 0.3 is 5.97 Å². The molecule has 3 aromatic heterocycles. The van der Waals surface area contributed by atoms with Gasteiger partial charge in [0.25, 0.3) is 0 Å². The zero-order chi connectivity index (χ0) is 26.1. The summed E-state index contributed by atoms with van der Waals surface area (Å²) in [7, 11) is 0. The molecule has 0 aliphatic carbocycles. The number of hydrogen-bond acceptors (Lipinski definition) is 8. The van der Waals surface area contributed by atoms with E-state index in [1.54, 1.807) is 10.9 Å². The number of nitrogen functional groups attached to an aromatic ring is 1. The van der Waals surface area contributed by atoms with Crippen molar-refractivity contribution in [1.29, 1.82) is 0 Å². The van der Waals surface area contributed by atoms with Gasteiger partial charge in [0, 0.05) is 18.7 Å². The van der Waals surface area contributed by atoms with Crippen LogP contribution in [-0.4, -0.2) is 54.1 Å². The van der Waals surface area contributed by atoms with Crippen molar-refractivity contribution in [3.63, 3.8) is 0 Å². The summed E-state index contributed by atoms with van der Waals surface area (Å²) in [5.74, 6) is -0.937. The number of rotatable bonds is 6. The normalized spacial score (nSPS) is 14.2. The minimum Gasteiger partial charge on any atom is -0.481 e. The van der Waals surface area contributed by atoms with Crippen molar-refractivity contribution in [3.05, 3.63) is 65.2 Å². The van der Waals surface area contributed by atoms with E-state index in [1.807, 2.05) is 50.2 Å². The number of aliphatic carboxylic acids is 1. The van der Waals surface area contributed by atoms with Crippen LogP contribution in [0.25, 0.3) is 22.8 Å². The number of carboxylic acid groups (broad SMARTS) is 1. The van der Waals surface area contributed by atoms with Crippen LogP contribution < -0.4 is 10.6 Å². The Balaban J connectivity index is 1.37. The Bertz CT molecular complexity index is 1460. The molecule has 3 N–H and O–H groups in total. The Hall–Kier alpha value is -4.41. The predicted octanol–water partition coefficient (Wildman–Crippen LogP) is 3.48. The van der Waals surface area contributed by atoms with E-state index >= 15 is 0 Å². The lowest BCUT2D eigenvalue weighted by atomic mass is 9.97. The van der Waals surface area contributed by atoms with Crippen LogP contribution in [0.15, 0.2) is 42.6 Å². The fraction of sp³-hybridized carbons (Fsp3) is 0.308. The number of pyridine rings is 1. The van der Waals surface area contributed by atoms with Gasteiger partial charge in [-0.1, -0.05) is 29.5 Å². The number of piperidine rings is 1. The molecular formula is C26H27FN8O2. The molecular weight excluding hydrogens is 475 g/mol. The van der Waals surface area contributed by atoms with E-state index in [-0.39, 0.29) is 23.1 Å². The lowest BCUT2D eigenvalue weighted by Gasteiger charge is -2.31. The molecule has 0 bridgehead atoms. The molecule has 1 aliphatic heterocycles. The van der Waals surface area contributed by atoms with Crippen molar-refractivity contribution >= 4 is 17.6 Å². The second-order valence-corrected chi connectivity index (χ2v) is 9.23. The largest absolute Gasteiger partial charge is 0.481 e. The SMILES string of the molecule is Cc1cccc(-c2nc(N)c(F)c(-c3cn(Cc4cccc(N5CCC(C(=O)O)CC5)n4)nn3)n2)c1C. The van der Waals surface area contributed by atoms with Crippen molar-refractivity contribution in [2.45, 2.75) is 33.2 Å². The van der Waals surface area contributed by atoms with Crippen molar-refractivity contribution in [2.75, 3.05) is 23.7 Å². The number of halogens is 1. The second kappa shape index (κ2) is 9.92. The van der Waals surface area contributed by atoms with E-state index in [0.717, 1.165) is 28.2 Å². The summed E-state index contributed by atoms with van der Waals surface area (Å²) in [6.45, 7) is 5.53. The maximum Gasteiger partial charge on any atom is 0.306 e. The number of nitrogens with two attached hydrogens (primary N) is 1. The number of carbonyl (C=O) groups is 1. The molecule has 0 radical (unpaired) electrons. The highest BCUT2D eigenvalue weighted by atomic mass is 19.1. The molecule has 1 aliphatic rings. The lowest BCUT2D eigenvalue weighted by molar-refractivity contribution is -0.142. The molecule has 190 valence electrons. The number of anilines is 2. The van der Waals surface area contributed by atoms with Crippen LogP contribution >= 0.6 is 0 Å². The Morgan fingerprint density at radius 2 is 1.86 bits per heavy atom. The average molecular weight is 503 g/mol. The third kappa shape index (κ3) is 4.97. The number of nitrogens with zero attached hydrogens (tertiary/aromatic N) is 7. The molecule has 10 nitrogen and oxygen atoms in total. The van der Waals surface area contributed by atoms with Gasteiger partial charge < -0.3 is 15.7 Å². The Kier molecular flexibility index (Phi) is 6.51. The number of benzene rings is 1. The van der Waals surface area contributed by atoms with Crippen molar-refractivity contribution < 1.29 is 14.3 Å². The van der Waals surface area contributed by atoms with Crippen LogP contribution in [0.2, 0.25) is 0 Å². The lowest BCUT2D eigenvalue weighted by Crippen LogP contribution is -2.36. The van der Waals surface area contributed by atoms with Crippen LogP contribution in [0, 0.1) is 25.6 Å². The summed E-state index contributed by atoms with van der Waals surface area (Å²) in [5, 5.41) is 17.5. The fourth-order valence-corrected chi connectivity index (χ4v) is 4.48. The first kappa shape index (κ1) is 24.3. The smallest absolute Gasteiger partial charge is 0.306 e. The number of aryl methyl sites for hydroxylation is 1. The maximum absolute atomic E-state index is 15.0. The van der Waals surface area contributed by atoms with Gasteiger partial charge in [-0.05, 0) is 49.9 Å². The monoisotopic (exact) mass is 502 g/mol. The highest BCUT2D eigenvalue weighted by molar-refractivity contribution is 5.70. The summed E-state index contributed by atoms with van der Waals surface area (Å²) in [4.78, 5) is 26.6. The van der Waals surface area contributed by atoms with Crippen LogP contribution in [0.3, 0.4) is 0 Å². The van der Waals surface area contributed by atoms with Crippen molar-refractivity contribution in [1.82, 2.24) is 29.9 Å². The molecule has 0 unspecified atom stereocenters. The standard InChI is InChI=1S/C26H27FN8O2/c1-15-5-3-7-19(16(15)2)25-30-23(22(27)24(28)31-25)20-14-35(33-32-20)13-18-6-4-8-21(29-18)34-11-9-17(10-12-34)26(36)37/h3-8,14,17H,9-13H2,1-2H3,(H,36,37)(H2,28,30,31). The molecule has 1 fully saturated rings. The van der Waals surface area contributed by atoms with Gasteiger partial charge in [-0.25, -0.2) is 24.0 Å². The van der Waals surface area contributed by atoms with Gasteiger partial charge in [-0.3, -0.25) is 4.79 Å². The Morgan fingerprint density at radius 3 is 2.62 bits per heavy atom. The van der Waals surface area contributed by atoms with Crippen molar-refractivity contribution in [2.24, 2.45) is 5.92 Å². The molecule has 11 heteroatoms. The van der Waals surface area contributed by atoms with E-state index < -0.39 is 11.8 Å². The van der Waals surface area contributed by atoms with Gasteiger partial charge in [-0.15, -0.1) is 5.10 Å². The van der Waals surface area contributed by atoms with Gasteiger partial charge in [0.1, 0.15) is 17.2 Å². The maximum atomic E-state index is 15.0. The summed E-state index contributed by atoms with van der Waals surface area (Å²) in [6, 6.07) is 11.4. The first-order valence-electron chi connectivity index (χ1n) is 12.0. The van der Waals surface area contributed by atoms with Gasteiger partial charge in [0.05, 0.1) is 24.4 Å². The molecule has 4 heterocycles. The summed E-state index contributed by atoms with van der Waals surface area (Å²) < 4.78 is 16.5. The molecule has 4 aromatic rings. The zero-order valence-corrected chi connectivity index (χ0v) is 20.6. The molecule has 0 amide bonds. The molecule has 37 heavy (non-hydrogen) atoms. The van der Waals surface area contributed by atoms with E-state index in [1.165, 1.54) is 0 Å². The summed E-state index contributed by atoms with van der Waals surface area (Å²) in [6.07, 6.45) is 2.78. The number of hydrogen-bond donors (Lipinski definition) is 2. The number of carboxylic acids is 1. The predicted molar refractivity (Wildman–Crippen MR) is 136 cm³/mol. The van der Waals surface area contributed by atoms with Gasteiger partial charge in [0.15, 0.2) is 17.5 Å². The molecule has 1 saturated heterocycles. The Labute approximate surface area is 213 Å². The topological polar surface area (TPSA) is 136 Å². The van der Waals surface area contributed by atoms with Gasteiger partial charge in [0.2, 0.25) is 0 Å². The summed E-state index contributed by atoms with van der Waals surface area (Å²) in [5.41, 5.74) is 9.69. The highest BCUT2D eigenvalue weighted by Gasteiger charge is 2.25. The first-order valence-corrected chi connectivity index (χ1v) is 12.0. The van der Waals surface area contributed by atoms with Gasteiger partial charge in [-0.2, -0.15) is 0 Å². The minimum atomic E-state index is -0.744. The van der Waals surface area contributed by atoms with E-state index in [9.17, 15) is 14.3 Å². The van der Waals surface area contributed by atoms with E-state index in [2.05, 4.69) is 25.2 Å². The minimum absolute atomic E-state index is 0.0160. The summed E-state index contributed by atoms with van der Waals surface area (Å²) >= 11 is 0. The Morgan fingerprint density at radius 1 is 1.11 bits per heavy atom. The molecule has 1 aromatic carbocycles. The fourth-order valence-electron chi connectivity index (χ4n) is 4.48. The third-order valence-electron chi connectivity index (χ3n) is 6.79. The average Bonchev–Trinajstić information content (AvgIpc) is 3.35. The quantitative estimate of drug-likeness (QED) is 0.406. The molecule has 5 rings (SSSR count). The number of aromatic nitrogens is 6. The molecule has 0 saturated carbocycles.